The zero-order valence-electron chi connectivity index (χ0n) is 9.37. The van der Waals surface area contributed by atoms with Crippen molar-refractivity contribution in [2.45, 2.75) is 46.0 Å². The molecule has 0 N–H and O–H groups in total. The van der Waals surface area contributed by atoms with Gasteiger partial charge in [0.05, 0.1) is 0 Å². The summed E-state index contributed by atoms with van der Waals surface area (Å²) in [6.07, 6.45) is 10.3. The molecule has 1 rings (SSSR count). The van der Waals surface area contributed by atoms with Gasteiger partial charge in [-0.15, -0.1) is 0 Å². The predicted molar refractivity (Wildman–Crippen MR) is 61.2 cm³/mol. The second kappa shape index (κ2) is 6.58. The molecule has 0 spiro atoms. The number of hydrogen-bond acceptors (Lipinski definition) is 1. The molecule has 0 saturated carbocycles. The topological polar surface area (TPSA) is 12.9 Å². The van der Waals surface area contributed by atoms with Gasteiger partial charge in [0.15, 0.2) is 0 Å². The molecule has 1 aromatic rings. The Balaban J connectivity index is 2.46. The van der Waals surface area contributed by atoms with Crippen LogP contribution in [0.4, 0.5) is 0 Å². The van der Waals surface area contributed by atoms with Crippen molar-refractivity contribution in [2.24, 2.45) is 5.92 Å². The lowest BCUT2D eigenvalue weighted by Gasteiger charge is -2.14. The van der Waals surface area contributed by atoms with Gasteiger partial charge in [-0.1, -0.05) is 45.6 Å². The Bertz CT molecular complexity index is 224. The third kappa shape index (κ3) is 3.91. The summed E-state index contributed by atoms with van der Waals surface area (Å²) in [5, 5.41) is 0. The first kappa shape index (κ1) is 11.2. The normalized spacial score (nSPS) is 10.8. The molecule has 0 atom stereocenters. The highest BCUT2D eigenvalue weighted by Crippen LogP contribution is 2.18. The van der Waals surface area contributed by atoms with Crippen LogP contribution in [0.25, 0.3) is 0 Å². The molecule has 1 heterocycles. The van der Waals surface area contributed by atoms with Crippen molar-refractivity contribution in [3.05, 3.63) is 30.1 Å². The SMILES string of the molecule is CCCC(CCC)Cc1cccnc1. The summed E-state index contributed by atoms with van der Waals surface area (Å²) in [5.41, 5.74) is 1.39. The number of nitrogens with zero attached hydrogens (tertiary/aromatic N) is 1. The quantitative estimate of drug-likeness (QED) is 0.665. The van der Waals surface area contributed by atoms with Gasteiger partial charge in [-0.25, -0.2) is 0 Å². The second-order valence-corrected chi connectivity index (χ2v) is 4.01. The van der Waals surface area contributed by atoms with E-state index < -0.39 is 0 Å². The Kier molecular flexibility index (Phi) is 5.28. The van der Waals surface area contributed by atoms with E-state index in [9.17, 15) is 0 Å². The van der Waals surface area contributed by atoms with E-state index >= 15 is 0 Å². The highest BCUT2D eigenvalue weighted by Gasteiger charge is 2.07. The first-order valence-electron chi connectivity index (χ1n) is 5.75. The van der Waals surface area contributed by atoms with Crippen LogP contribution in [0.1, 0.15) is 45.1 Å². The molecular formula is C13H21N. The van der Waals surface area contributed by atoms with E-state index in [1.165, 1.54) is 37.7 Å². The third-order valence-electron chi connectivity index (χ3n) is 2.64. The van der Waals surface area contributed by atoms with Crippen LogP contribution in [0, 0.1) is 5.92 Å². The zero-order chi connectivity index (χ0) is 10.2. The molecule has 1 aromatic heterocycles. The van der Waals surface area contributed by atoms with Crippen LogP contribution < -0.4 is 0 Å². The first-order chi connectivity index (χ1) is 6.86. The highest BCUT2D eigenvalue weighted by atomic mass is 14.6. The van der Waals surface area contributed by atoms with E-state index in [-0.39, 0.29) is 0 Å². The van der Waals surface area contributed by atoms with Crippen molar-refractivity contribution in [1.29, 1.82) is 0 Å². The molecule has 0 bridgehead atoms. The minimum atomic E-state index is 0.856. The van der Waals surface area contributed by atoms with Crippen LogP contribution in [0.3, 0.4) is 0 Å². The fraction of sp³-hybridized carbons (Fsp3) is 0.615. The minimum absolute atomic E-state index is 0.856. The second-order valence-electron chi connectivity index (χ2n) is 4.01. The molecular weight excluding hydrogens is 170 g/mol. The lowest BCUT2D eigenvalue weighted by molar-refractivity contribution is 0.437. The first-order valence-corrected chi connectivity index (χ1v) is 5.75. The molecule has 1 nitrogen and oxygen atoms in total. The Morgan fingerprint density at radius 1 is 1.21 bits per heavy atom. The summed E-state index contributed by atoms with van der Waals surface area (Å²) >= 11 is 0. The van der Waals surface area contributed by atoms with Gasteiger partial charge < -0.3 is 0 Å². The van der Waals surface area contributed by atoms with Gasteiger partial charge >= 0.3 is 0 Å². The van der Waals surface area contributed by atoms with Gasteiger partial charge in [-0.2, -0.15) is 0 Å². The van der Waals surface area contributed by atoms with E-state index in [0.717, 1.165) is 5.92 Å². The Hall–Kier alpha value is -0.850. The van der Waals surface area contributed by atoms with E-state index in [1.54, 1.807) is 0 Å². The lowest BCUT2D eigenvalue weighted by atomic mass is 9.92. The minimum Gasteiger partial charge on any atom is -0.264 e. The van der Waals surface area contributed by atoms with Gasteiger partial charge in [0.2, 0.25) is 0 Å². The summed E-state index contributed by atoms with van der Waals surface area (Å²) in [6.45, 7) is 4.54. The van der Waals surface area contributed by atoms with Crippen molar-refractivity contribution in [1.82, 2.24) is 4.98 Å². The van der Waals surface area contributed by atoms with E-state index in [1.807, 2.05) is 18.5 Å². The maximum atomic E-state index is 4.16. The maximum Gasteiger partial charge on any atom is 0.0299 e. The Morgan fingerprint density at radius 2 is 1.93 bits per heavy atom. The fourth-order valence-electron chi connectivity index (χ4n) is 2.02. The third-order valence-corrected chi connectivity index (χ3v) is 2.64. The number of aromatic nitrogens is 1. The molecule has 0 saturated heterocycles. The van der Waals surface area contributed by atoms with Crippen molar-refractivity contribution < 1.29 is 0 Å². The Labute approximate surface area is 87.6 Å². The van der Waals surface area contributed by atoms with Crippen LogP contribution in [-0.2, 0) is 6.42 Å². The number of rotatable bonds is 6. The van der Waals surface area contributed by atoms with Crippen LogP contribution in [0.15, 0.2) is 24.5 Å². The summed E-state index contributed by atoms with van der Waals surface area (Å²) in [7, 11) is 0. The van der Waals surface area contributed by atoms with E-state index in [4.69, 9.17) is 0 Å². The summed E-state index contributed by atoms with van der Waals surface area (Å²) in [5.74, 6) is 0.856. The number of pyridine rings is 1. The van der Waals surface area contributed by atoms with Crippen molar-refractivity contribution in [3.63, 3.8) is 0 Å². The standard InChI is InChI=1S/C13H21N/c1-3-6-12(7-4-2)10-13-8-5-9-14-11-13/h5,8-9,11-12H,3-4,6-7,10H2,1-2H3. The monoisotopic (exact) mass is 191 g/mol. The van der Waals surface area contributed by atoms with Gasteiger partial charge in [0.25, 0.3) is 0 Å². The average Bonchev–Trinajstić information content (AvgIpc) is 2.20. The molecule has 78 valence electrons. The summed E-state index contributed by atoms with van der Waals surface area (Å²) < 4.78 is 0. The molecule has 0 radical (unpaired) electrons. The molecule has 0 aliphatic heterocycles. The lowest BCUT2D eigenvalue weighted by Crippen LogP contribution is -2.04. The molecule has 0 aliphatic carbocycles. The van der Waals surface area contributed by atoms with Crippen molar-refractivity contribution >= 4 is 0 Å². The van der Waals surface area contributed by atoms with E-state index in [2.05, 4.69) is 24.9 Å². The van der Waals surface area contributed by atoms with Crippen molar-refractivity contribution in [2.75, 3.05) is 0 Å². The summed E-state index contributed by atoms with van der Waals surface area (Å²) in [6, 6.07) is 4.22. The van der Waals surface area contributed by atoms with E-state index in [0.29, 0.717) is 0 Å². The Morgan fingerprint density at radius 3 is 2.43 bits per heavy atom. The van der Waals surface area contributed by atoms with Crippen LogP contribution >= 0.6 is 0 Å². The van der Waals surface area contributed by atoms with Gasteiger partial charge in [0.1, 0.15) is 0 Å². The molecule has 0 fully saturated rings. The molecule has 0 amide bonds. The summed E-state index contributed by atoms with van der Waals surface area (Å²) in [4.78, 5) is 4.16. The predicted octanol–water partition coefficient (Wildman–Crippen LogP) is 3.84. The fourth-order valence-corrected chi connectivity index (χ4v) is 2.02. The molecule has 14 heavy (non-hydrogen) atoms. The van der Waals surface area contributed by atoms with Gasteiger partial charge in [-0.05, 0) is 24.0 Å². The van der Waals surface area contributed by atoms with Crippen LogP contribution in [-0.4, -0.2) is 4.98 Å². The molecule has 1 heteroatoms. The maximum absolute atomic E-state index is 4.16. The van der Waals surface area contributed by atoms with Gasteiger partial charge in [-0.3, -0.25) is 4.98 Å². The largest absolute Gasteiger partial charge is 0.264 e. The van der Waals surface area contributed by atoms with Gasteiger partial charge in [0, 0.05) is 12.4 Å². The highest BCUT2D eigenvalue weighted by molar-refractivity contribution is 5.09. The zero-order valence-corrected chi connectivity index (χ0v) is 9.37. The molecule has 0 unspecified atom stereocenters. The molecule has 0 aliphatic rings. The molecule has 0 aromatic carbocycles. The van der Waals surface area contributed by atoms with Crippen molar-refractivity contribution in [3.8, 4) is 0 Å². The smallest absolute Gasteiger partial charge is 0.0299 e. The number of hydrogen-bond donors (Lipinski definition) is 0. The van der Waals surface area contributed by atoms with Crippen LogP contribution in [0.5, 0.6) is 0 Å². The average molecular weight is 191 g/mol. The van der Waals surface area contributed by atoms with Crippen LogP contribution in [0.2, 0.25) is 0 Å².